The van der Waals surface area contributed by atoms with Crippen molar-refractivity contribution in [2.75, 3.05) is 4.90 Å². The van der Waals surface area contributed by atoms with E-state index >= 15 is 0 Å². The first-order chi connectivity index (χ1) is 10.1. The molecule has 2 aromatic rings. The first-order valence-electron chi connectivity index (χ1n) is 6.21. The van der Waals surface area contributed by atoms with Gasteiger partial charge in [-0.25, -0.2) is 9.18 Å². The van der Waals surface area contributed by atoms with Gasteiger partial charge in [-0.2, -0.15) is 0 Å². The molecule has 2 aromatic carbocycles. The Balaban J connectivity index is 2.03. The minimum absolute atomic E-state index is 0.401. The zero-order valence-electron chi connectivity index (χ0n) is 10.7. The summed E-state index contributed by atoms with van der Waals surface area (Å²) in [6.45, 7) is 0. The summed E-state index contributed by atoms with van der Waals surface area (Å²) in [6, 6.07) is 10.7. The molecule has 1 unspecified atom stereocenters. The van der Waals surface area contributed by atoms with Crippen LogP contribution in [-0.4, -0.2) is 11.9 Å². The molecule has 1 N–H and O–H groups in total. The van der Waals surface area contributed by atoms with E-state index in [1.54, 1.807) is 24.3 Å². The highest BCUT2D eigenvalue weighted by molar-refractivity contribution is 6.30. The first kappa shape index (κ1) is 13.6. The summed E-state index contributed by atoms with van der Waals surface area (Å²) in [5.41, 5.74) is 1.08. The third-order valence-corrected chi connectivity index (χ3v) is 3.50. The van der Waals surface area contributed by atoms with Crippen molar-refractivity contribution in [2.24, 2.45) is 0 Å². The van der Waals surface area contributed by atoms with Crippen LogP contribution in [0.4, 0.5) is 14.9 Å². The molecule has 3 amide bonds. The smallest absolute Gasteiger partial charge is 0.277 e. The van der Waals surface area contributed by atoms with Gasteiger partial charge in [-0.15, -0.1) is 0 Å². The number of rotatable bonds is 2. The molecule has 0 spiro atoms. The van der Waals surface area contributed by atoms with Crippen LogP contribution >= 0.6 is 11.6 Å². The average molecular weight is 305 g/mol. The minimum Gasteiger partial charge on any atom is -0.277 e. The van der Waals surface area contributed by atoms with Crippen LogP contribution in [0.25, 0.3) is 0 Å². The van der Waals surface area contributed by atoms with Crippen LogP contribution in [0.1, 0.15) is 11.6 Å². The van der Waals surface area contributed by atoms with Gasteiger partial charge in [-0.1, -0.05) is 23.7 Å². The molecule has 0 radical (unpaired) electrons. The fraction of sp³-hybridized carbons (Fsp3) is 0.0667. The molecular formula is C15H10ClFN2O2. The maximum absolute atomic E-state index is 13.0. The van der Waals surface area contributed by atoms with Gasteiger partial charge in [0.25, 0.3) is 5.91 Å². The van der Waals surface area contributed by atoms with E-state index in [2.05, 4.69) is 5.32 Å². The summed E-state index contributed by atoms with van der Waals surface area (Å²) < 4.78 is 13.0. The van der Waals surface area contributed by atoms with E-state index in [0.717, 1.165) is 0 Å². The SMILES string of the molecule is O=C1NC(=O)N(c2ccc(Cl)cc2)C1c1ccc(F)cc1. The second-order valence-electron chi connectivity index (χ2n) is 4.59. The Morgan fingerprint density at radius 1 is 1.00 bits per heavy atom. The van der Waals surface area contributed by atoms with E-state index in [-0.39, 0.29) is 0 Å². The van der Waals surface area contributed by atoms with Crippen LogP contribution in [0.3, 0.4) is 0 Å². The molecule has 0 aromatic heterocycles. The van der Waals surface area contributed by atoms with Crippen molar-refractivity contribution in [3.63, 3.8) is 0 Å². The predicted molar refractivity (Wildman–Crippen MR) is 76.6 cm³/mol. The molecule has 1 aliphatic heterocycles. The Hall–Kier alpha value is -2.40. The van der Waals surface area contributed by atoms with E-state index in [4.69, 9.17) is 11.6 Å². The van der Waals surface area contributed by atoms with Crippen molar-refractivity contribution < 1.29 is 14.0 Å². The van der Waals surface area contributed by atoms with Gasteiger partial charge in [-0.3, -0.25) is 15.0 Å². The lowest BCUT2D eigenvalue weighted by molar-refractivity contribution is -0.119. The summed E-state index contributed by atoms with van der Waals surface area (Å²) in [6.07, 6.45) is 0. The lowest BCUT2D eigenvalue weighted by atomic mass is 10.1. The number of nitrogens with zero attached hydrogens (tertiary/aromatic N) is 1. The number of hydrogen-bond acceptors (Lipinski definition) is 2. The van der Waals surface area contributed by atoms with Gasteiger partial charge in [0.05, 0.1) is 0 Å². The fourth-order valence-electron chi connectivity index (χ4n) is 2.28. The average Bonchev–Trinajstić information content (AvgIpc) is 2.75. The maximum Gasteiger partial charge on any atom is 0.329 e. The number of carbonyl (C=O) groups excluding carboxylic acids is 2. The zero-order chi connectivity index (χ0) is 15.0. The fourth-order valence-corrected chi connectivity index (χ4v) is 2.41. The van der Waals surface area contributed by atoms with Gasteiger partial charge < -0.3 is 0 Å². The molecular weight excluding hydrogens is 295 g/mol. The Morgan fingerprint density at radius 2 is 1.62 bits per heavy atom. The standard InChI is InChI=1S/C15H10ClFN2O2/c16-10-3-7-12(8-4-10)19-13(14(20)18-15(19)21)9-1-5-11(17)6-2-9/h1-8,13H,(H,18,20,21). The third-order valence-electron chi connectivity index (χ3n) is 3.25. The van der Waals surface area contributed by atoms with Crippen LogP contribution in [-0.2, 0) is 4.79 Å². The van der Waals surface area contributed by atoms with Crippen molar-refractivity contribution in [3.8, 4) is 0 Å². The van der Waals surface area contributed by atoms with E-state index in [1.807, 2.05) is 0 Å². The van der Waals surface area contributed by atoms with Gasteiger partial charge >= 0.3 is 6.03 Å². The molecule has 106 valence electrons. The van der Waals surface area contributed by atoms with E-state index in [1.165, 1.54) is 29.2 Å². The van der Waals surface area contributed by atoms with Crippen molar-refractivity contribution in [1.82, 2.24) is 5.32 Å². The summed E-state index contributed by atoms with van der Waals surface area (Å²) in [4.78, 5) is 25.4. The minimum atomic E-state index is -0.820. The third kappa shape index (κ3) is 2.48. The lowest BCUT2D eigenvalue weighted by Gasteiger charge is -2.22. The highest BCUT2D eigenvalue weighted by atomic mass is 35.5. The molecule has 0 bridgehead atoms. The predicted octanol–water partition coefficient (Wildman–Crippen LogP) is 3.28. The highest BCUT2D eigenvalue weighted by Crippen LogP contribution is 2.32. The zero-order valence-corrected chi connectivity index (χ0v) is 11.5. The Labute approximate surface area is 125 Å². The molecule has 21 heavy (non-hydrogen) atoms. The van der Waals surface area contributed by atoms with Crippen LogP contribution in [0.15, 0.2) is 48.5 Å². The van der Waals surface area contributed by atoms with Gasteiger partial charge in [0.15, 0.2) is 0 Å². The normalized spacial score (nSPS) is 18.0. The number of urea groups is 1. The second kappa shape index (κ2) is 5.18. The summed E-state index contributed by atoms with van der Waals surface area (Å²) in [5.74, 6) is -0.844. The largest absolute Gasteiger partial charge is 0.329 e. The number of hydrogen-bond donors (Lipinski definition) is 1. The number of halogens is 2. The topological polar surface area (TPSA) is 49.4 Å². The lowest BCUT2D eigenvalue weighted by Crippen LogP contribution is -2.29. The van der Waals surface area contributed by atoms with Gasteiger partial charge in [0.2, 0.25) is 0 Å². The van der Waals surface area contributed by atoms with Gasteiger partial charge in [-0.05, 0) is 42.0 Å². The van der Waals surface area contributed by atoms with Crippen LogP contribution in [0, 0.1) is 5.82 Å². The van der Waals surface area contributed by atoms with E-state index < -0.39 is 23.8 Å². The highest BCUT2D eigenvalue weighted by Gasteiger charge is 2.40. The number of imide groups is 1. The number of amides is 3. The second-order valence-corrected chi connectivity index (χ2v) is 5.03. The van der Waals surface area contributed by atoms with E-state index in [0.29, 0.717) is 16.3 Å². The van der Waals surface area contributed by atoms with Crippen molar-refractivity contribution in [1.29, 1.82) is 0 Å². The number of carbonyl (C=O) groups is 2. The molecule has 1 saturated heterocycles. The molecule has 0 aliphatic carbocycles. The van der Waals surface area contributed by atoms with Crippen LogP contribution < -0.4 is 10.2 Å². The number of anilines is 1. The summed E-state index contributed by atoms with van der Waals surface area (Å²) in [5, 5.41) is 2.80. The maximum atomic E-state index is 13.0. The van der Waals surface area contributed by atoms with Crippen LogP contribution in [0.5, 0.6) is 0 Å². The van der Waals surface area contributed by atoms with Crippen molar-refractivity contribution in [3.05, 3.63) is 64.9 Å². The molecule has 1 fully saturated rings. The molecule has 0 saturated carbocycles. The Bertz CT molecular complexity index is 639. The van der Waals surface area contributed by atoms with Crippen molar-refractivity contribution in [2.45, 2.75) is 6.04 Å². The first-order valence-corrected chi connectivity index (χ1v) is 6.59. The molecule has 1 atom stereocenters. The van der Waals surface area contributed by atoms with E-state index in [9.17, 15) is 14.0 Å². The number of nitrogens with one attached hydrogen (secondary N) is 1. The summed E-state index contributed by atoms with van der Waals surface area (Å²) >= 11 is 5.83. The number of benzene rings is 2. The van der Waals surface area contributed by atoms with Crippen LogP contribution in [0.2, 0.25) is 5.02 Å². The molecule has 1 aliphatic rings. The molecule has 3 rings (SSSR count). The molecule has 1 heterocycles. The Kier molecular flexibility index (Phi) is 3.35. The molecule has 4 nitrogen and oxygen atoms in total. The Morgan fingerprint density at radius 3 is 2.24 bits per heavy atom. The molecule has 6 heteroatoms. The van der Waals surface area contributed by atoms with Gasteiger partial charge in [0.1, 0.15) is 11.9 Å². The summed E-state index contributed by atoms with van der Waals surface area (Å²) in [7, 11) is 0. The van der Waals surface area contributed by atoms with Gasteiger partial charge in [0, 0.05) is 10.7 Å². The monoisotopic (exact) mass is 304 g/mol. The van der Waals surface area contributed by atoms with Crippen molar-refractivity contribution >= 4 is 29.2 Å². The quantitative estimate of drug-likeness (QED) is 0.866.